The van der Waals surface area contributed by atoms with E-state index in [1.165, 1.54) is 8.96 Å². The van der Waals surface area contributed by atoms with Crippen molar-refractivity contribution in [2.75, 3.05) is 13.2 Å². The minimum Gasteiger partial charge on any atom is -0.486 e. The normalized spacial score (nSPS) is 19.0. The number of hydrogen-bond donors (Lipinski definition) is 0. The lowest BCUT2D eigenvalue weighted by molar-refractivity contribution is -0.363. The summed E-state index contributed by atoms with van der Waals surface area (Å²) in [6, 6.07) is 5.80. The Labute approximate surface area is 187 Å². The molecule has 2 aromatic rings. The van der Waals surface area contributed by atoms with Gasteiger partial charge in [0.15, 0.2) is 17.2 Å². The van der Waals surface area contributed by atoms with Crippen molar-refractivity contribution in [3.63, 3.8) is 0 Å². The molecular weight excluding hydrogens is 409 g/mol. The summed E-state index contributed by atoms with van der Waals surface area (Å²) in [4.78, 5) is 0. The molecule has 0 radical (unpaired) electrons. The first-order valence-corrected chi connectivity index (χ1v) is 11.4. The molecular formula is C25H29BF2N2O2. The largest absolute Gasteiger partial charge is 0.737 e. The second kappa shape index (κ2) is 7.09. The first-order chi connectivity index (χ1) is 15.2. The summed E-state index contributed by atoms with van der Waals surface area (Å²) in [7, 11) is 0. The van der Waals surface area contributed by atoms with E-state index in [4.69, 9.17) is 9.47 Å². The fourth-order valence-electron chi connectivity index (χ4n) is 5.95. The molecule has 0 atom stereocenters. The minimum absolute atomic E-state index is 0.482. The molecule has 0 saturated carbocycles. The van der Waals surface area contributed by atoms with E-state index in [2.05, 4.69) is 0 Å². The molecule has 0 aliphatic carbocycles. The van der Waals surface area contributed by atoms with E-state index in [0.29, 0.717) is 60.4 Å². The van der Waals surface area contributed by atoms with Crippen LogP contribution in [0.1, 0.15) is 62.2 Å². The van der Waals surface area contributed by atoms with Crippen molar-refractivity contribution >= 4 is 18.3 Å². The zero-order valence-electron chi connectivity index (χ0n) is 19.6. The quantitative estimate of drug-likeness (QED) is 0.580. The Hall–Kier alpha value is -2.83. The standard InChI is InChI=1S/C25H29BF2N2O2/c1-7-19-14(3)24-23(18-9-10-21-22(13-18)32-12-11-31-21)25-15(4)20(8-2)17(6)30(25)26(27,28)29(24)16(19)5/h9-10,13H,7-8,11-12H2,1-6H3. The molecule has 0 unspecified atom stereocenters. The van der Waals surface area contributed by atoms with Crippen LogP contribution in [0.15, 0.2) is 35.0 Å². The van der Waals surface area contributed by atoms with Gasteiger partial charge in [0.1, 0.15) is 18.9 Å². The van der Waals surface area contributed by atoms with E-state index in [0.717, 1.165) is 33.4 Å². The molecule has 3 aliphatic heterocycles. The second-order valence-electron chi connectivity index (χ2n) is 8.84. The van der Waals surface area contributed by atoms with Gasteiger partial charge in [-0.25, -0.2) is 0 Å². The topological polar surface area (TPSA) is 26.4 Å². The number of fused-ring (bicyclic) bond motifs is 3. The average molecular weight is 438 g/mol. The van der Waals surface area contributed by atoms with Crippen molar-refractivity contribution in [2.24, 2.45) is 0 Å². The average Bonchev–Trinajstić information content (AvgIpc) is 3.18. The molecule has 0 bridgehead atoms. The summed E-state index contributed by atoms with van der Waals surface area (Å²) in [5.74, 6) is 1.36. The Balaban J connectivity index is 1.92. The second-order valence-corrected chi connectivity index (χ2v) is 8.84. The van der Waals surface area contributed by atoms with Crippen molar-refractivity contribution in [2.45, 2.75) is 54.4 Å². The number of aromatic nitrogens is 1. The summed E-state index contributed by atoms with van der Waals surface area (Å²) >= 11 is 0. The van der Waals surface area contributed by atoms with E-state index in [1.54, 1.807) is 0 Å². The van der Waals surface area contributed by atoms with Crippen molar-refractivity contribution < 1.29 is 22.6 Å². The van der Waals surface area contributed by atoms with Gasteiger partial charge in [0.05, 0.1) is 5.57 Å². The van der Waals surface area contributed by atoms with Crippen LogP contribution in [0.4, 0.5) is 8.63 Å². The number of benzene rings is 1. The Morgan fingerprint density at radius 2 is 1.69 bits per heavy atom. The number of hydrogen-bond acceptors (Lipinski definition) is 2. The molecule has 0 saturated heterocycles. The van der Waals surface area contributed by atoms with E-state index >= 15 is 8.63 Å². The number of nitrogens with zero attached hydrogens (tertiary/aromatic N) is 2. The molecule has 5 rings (SSSR count). The van der Waals surface area contributed by atoms with Gasteiger partial charge in [-0.15, -0.1) is 0 Å². The van der Waals surface area contributed by atoms with E-state index in [9.17, 15) is 0 Å². The third-order valence-corrected chi connectivity index (χ3v) is 7.33. The number of allylic oxidation sites excluding steroid dienone is 2. The van der Waals surface area contributed by atoms with Crippen molar-refractivity contribution in [3.05, 3.63) is 63.1 Å². The molecule has 7 heteroatoms. The molecule has 1 aromatic carbocycles. The van der Waals surface area contributed by atoms with Gasteiger partial charge in [0.2, 0.25) is 0 Å². The van der Waals surface area contributed by atoms with E-state index in [1.807, 2.05) is 59.7 Å². The van der Waals surface area contributed by atoms with Gasteiger partial charge in [-0.05, 0) is 68.1 Å². The molecule has 0 amide bonds. The van der Waals surface area contributed by atoms with Crippen molar-refractivity contribution in [3.8, 4) is 11.5 Å². The molecule has 4 nitrogen and oxygen atoms in total. The van der Waals surface area contributed by atoms with Gasteiger partial charge in [-0.2, -0.15) is 0 Å². The van der Waals surface area contributed by atoms with Gasteiger partial charge < -0.3 is 27.1 Å². The SMILES string of the molecule is CCC1=C(C)C2=C(c3ccc4c(c3)OCCO4)c3c(C)c(CC)c(C)n3[B-](F)(F)[N+]2=C1C. The Bertz CT molecular complexity index is 1270. The van der Waals surface area contributed by atoms with E-state index < -0.39 is 6.97 Å². The monoisotopic (exact) mass is 438 g/mol. The maximum atomic E-state index is 16.3. The molecule has 0 fully saturated rings. The summed E-state index contributed by atoms with van der Waals surface area (Å²) < 4.78 is 46.7. The fourth-order valence-corrected chi connectivity index (χ4v) is 5.95. The predicted octanol–water partition coefficient (Wildman–Crippen LogP) is 5.65. The molecule has 1 aromatic heterocycles. The first-order valence-electron chi connectivity index (χ1n) is 11.4. The summed E-state index contributed by atoms with van der Waals surface area (Å²) in [5, 5.41) is 0. The van der Waals surface area contributed by atoms with Crippen molar-refractivity contribution in [1.29, 1.82) is 0 Å². The van der Waals surface area contributed by atoms with Gasteiger partial charge >= 0.3 is 6.97 Å². The fraction of sp³-hybridized carbons (Fsp3) is 0.400. The third kappa shape index (κ3) is 2.57. The smallest absolute Gasteiger partial charge is 0.486 e. The van der Waals surface area contributed by atoms with Crippen LogP contribution in [-0.4, -0.2) is 34.9 Å². The van der Waals surface area contributed by atoms with Crippen molar-refractivity contribution in [1.82, 2.24) is 4.48 Å². The van der Waals surface area contributed by atoms with Crippen LogP contribution in [0.25, 0.3) is 5.57 Å². The Morgan fingerprint density at radius 1 is 1.00 bits per heavy atom. The lowest BCUT2D eigenvalue weighted by atomic mass is 9.83. The zero-order valence-corrected chi connectivity index (χ0v) is 19.6. The lowest BCUT2D eigenvalue weighted by Gasteiger charge is -2.34. The highest BCUT2D eigenvalue weighted by Gasteiger charge is 2.56. The number of halogens is 2. The minimum atomic E-state index is -4.01. The van der Waals surface area contributed by atoms with Crippen LogP contribution in [0.5, 0.6) is 11.5 Å². The van der Waals surface area contributed by atoms with Gasteiger partial charge in [-0.3, -0.25) is 0 Å². The predicted molar refractivity (Wildman–Crippen MR) is 124 cm³/mol. The van der Waals surface area contributed by atoms with Crippen LogP contribution in [0, 0.1) is 13.8 Å². The summed E-state index contributed by atoms with van der Waals surface area (Å²) in [6.45, 7) is 8.64. The molecule has 168 valence electrons. The van der Waals surface area contributed by atoms with Crippen LogP contribution >= 0.6 is 0 Å². The lowest BCUT2D eigenvalue weighted by Crippen LogP contribution is -2.51. The molecule has 0 spiro atoms. The molecule has 32 heavy (non-hydrogen) atoms. The first kappa shape index (κ1) is 21.0. The van der Waals surface area contributed by atoms with Crippen LogP contribution in [0.2, 0.25) is 0 Å². The zero-order chi connectivity index (χ0) is 22.9. The van der Waals surface area contributed by atoms with Crippen LogP contribution in [0.3, 0.4) is 0 Å². The number of ether oxygens (including phenoxy) is 2. The molecule has 0 N–H and O–H groups in total. The van der Waals surface area contributed by atoms with Crippen LogP contribution < -0.4 is 9.47 Å². The van der Waals surface area contributed by atoms with E-state index in [-0.39, 0.29) is 0 Å². The molecule has 4 heterocycles. The summed E-state index contributed by atoms with van der Waals surface area (Å²) in [6.07, 6.45) is 1.43. The Kier molecular flexibility index (Phi) is 4.66. The number of rotatable bonds is 3. The Morgan fingerprint density at radius 3 is 2.34 bits per heavy atom. The highest BCUT2D eigenvalue weighted by molar-refractivity contribution is 6.58. The highest BCUT2D eigenvalue weighted by Crippen LogP contribution is 2.48. The van der Waals surface area contributed by atoms with Gasteiger partial charge in [0, 0.05) is 23.8 Å². The summed E-state index contributed by atoms with van der Waals surface area (Å²) in [5.41, 5.74) is 8.10. The maximum Gasteiger partial charge on any atom is 0.737 e. The van der Waals surface area contributed by atoms with Gasteiger partial charge in [0.25, 0.3) is 0 Å². The maximum absolute atomic E-state index is 16.3. The van der Waals surface area contributed by atoms with Crippen LogP contribution in [-0.2, 0) is 6.42 Å². The highest BCUT2D eigenvalue weighted by atomic mass is 19.2. The van der Waals surface area contributed by atoms with Gasteiger partial charge in [-0.1, -0.05) is 19.9 Å². The third-order valence-electron chi connectivity index (χ3n) is 7.33. The molecule has 3 aliphatic rings.